The number of para-hydroxylation sites is 1. The molecular weight excluding hydrogens is 248 g/mol. The Bertz CT molecular complexity index is 448. The van der Waals surface area contributed by atoms with Crippen molar-refractivity contribution in [3.05, 3.63) is 29.8 Å². The number of rotatable bonds is 4. The van der Waals surface area contributed by atoms with E-state index >= 15 is 0 Å². The minimum Gasteiger partial charge on any atom is -0.379 e. The minimum atomic E-state index is 0.515. The van der Waals surface area contributed by atoms with Crippen LogP contribution in [0.3, 0.4) is 0 Å². The molecule has 2 heterocycles. The molecule has 2 aliphatic heterocycles. The van der Waals surface area contributed by atoms with Crippen LogP contribution in [0.2, 0.25) is 0 Å². The van der Waals surface area contributed by atoms with Gasteiger partial charge in [-0.25, -0.2) is 0 Å². The third-order valence-electron chi connectivity index (χ3n) is 4.76. The Hall–Kier alpha value is -1.06. The molecular formula is C17H26N2O. The van der Waals surface area contributed by atoms with Crippen molar-refractivity contribution >= 4 is 5.69 Å². The molecule has 3 heteroatoms. The van der Waals surface area contributed by atoms with Crippen LogP contribution in [-0.2, 0) is 11.2 Å². The van der Waals surface area contributed by atoms with Crippen molar-refractivity contribution in [1.29, 1.82) is 0 Å². The summed E-state index contributed by atoms with van der Waals surface area (Å²) in [6, 6.07) is 10.0. The van der Waals surface area contributed by atoms with E-state index in [-0.39, 0.29) is 0 Å². The van der Waals surface area contributed by atoms with Gasteiger partial charge in [0.05, 0.1) is 13.2 Å². The van der Waals surface area contributed by atoms with Gasteiger partial charge in [-0.1, -0.05) is 25.1 Å². The van der Waals surface area contributed by atoms with Gasteiger partial charge >= 0.3 is 0 Å². The van der Waals surface area contributed by atoms with E-state index in [2.05, 4.69) is 48.3 Å². The van der Waals surface area contributed by atoms with Crippen LogP contribution < -0.4 is 10.2 Å². The fourth-order valence-corrected chi connectivity index (χ4v) is 3.56. The zero-order valence-corrected chi connectivity index (χ0v) is 12.6. The van der Waals surface area contributed by atoms with Crippen LogP contribution in [0.25, 0.3) is 0 Å². The highest BCUT2D eigenvalue weighted by Crippen LogP contribution is 2.32. The molecule has 3 rings (SSSR count). The zero-order chi connectivity index (χ0) is 13.9. The largest absolute Gasteiger partial charge is 0.379 e. The van der Waals surface area contributed by atoms with Crippen LogP contribution in [0.5, 0.6) is 0 Å². The Morgan fingerprint density at radius 3 is 3.00 bits per heavy atom. The molecule has 0 aromatic heterocycles. The molecule has 0 spiro atoms. The number of anilines is 1. The molecule has 0 bridgehead atoms. The van der Waals surface area contributed by atoms with Gasteiger partial charge in [-0.15, -0.1) is 0 Å². The number of nitrogens with one attached hydrogen (secondary N) is 1. The van der Waals surface area contributed by atoms with Gasteiger partial charge < -0.3 is 15.0 Å². The minimum absolute atomic E-state index is 0.515. The van der Waals surface area contributed by atoms with Gasteiger partial charge in [0.2, 0.25) is 0 Å². The molecule has 3 nitrogen and oxygen atoms in total. The van der Waals surface area contributed by atoms with Crippen LogP contribution >= 0.6 is 0 Å². The fourth-order valence-electron chi connectivity index (χ4n) is 3.56. The number of likely N-dealkylation sites (N-methyl/N-ethyl adjacent to an activating group) is 1. The summed E-state index contributed by atoms with van der Waals surface area (Å²) < 4.78 is 5.70. The monoisotopic (exact) mass is 274 g/mol. The number of benzene rings is 1. The second-order valence-electron chi connectivity index (χ2n) is 6.13. The summed E-state index contributed by atoms with van der Waals surface area (Å²) in [6.07, 6.45) is 2.47. The average Bonchev–Trinajstić information content (AvgIpc) is 2.90. The maximum atomic E-state index is 5.70. The van der Waals surface area contributed by atoms with Crippen molar-refractivity contribution in [2.75, 3.05) is 31.2 Å². The molecule has 3 atom stereocenters. The van der Waals surface area contributed by atoms with Crippen molar-refractivity contribution < 1.29 is 4.74 Å². The average molecular weight is 274 g/mol. The van der Waals surface area contributed by atoms with Crippen molar-refractivity contribution in [2.45, 2.75) is 38.8 Å². The molecule has 0 amide bonds. The summed E-state index contributed by atoms with van der Waals surface area (Å²) >= 11 is 0. The van der Waals surface area contributed by atoms with Gasteiger partial charge in [0, 0.05) is 30.2 Å². The molecule has 1 N–H and O–H groups in total. The lowest BCUT2D eigenvalue weighted by Crippen LogP contribution is -2.46. The van der Waals surface area contributed by atoms with E-state index in [0.29, 0.717) is 18.0 Å². The van der Waals surface area contributed by atoms with Crippen molar-refractivity contribution in [2.24, 2.45) is 5.92 Å². The Morgan fingerprint density at radius 2 is 2.15 bits per heavy atom. The molecule has 0 saturated carbocycles. The molecule has 3 unspecified atom stereocenters. The van der Waals surface area contributed by atoms with E-state index in [9.17, 15) is 0 Å². The second-order valence-corrected chi connectivity index (χ2v) is 6.13. The van der Waals surface area contributed by atoms with Crippen LogP contribution in [0.15, 0.2) is 24.3 Å². The van der Waals surface area contributed by atoms with E-state index in [4.69, 9.17) is 4.74 Å². The van der Waals surface area contributed by atoms with Crippen molar-refractivity contribution in [3.63, 3.8) is 0 Å². The van der Waals surface area contributed by atoms with E-state index in [0.717, 1.165) is 26.3 Å². The SMILES string of the molecule is CCNC1COCC1CN1c2ccccc2CCC1C. The Kier molecular flexibility index (Phi) is 4.27. The van der Waals surface area contributed by atoms with Gasteiger partial charge in [0.25, 0.3) is 0 Å². The first-order valence-corrected chi connectivity index (χ1v) is 7.95. The summed E-state index contributed by atoms with van der Waals surface area (Å²) in [7, 11) is 0. The molecule has 0 radical (unpaired) electrons. The second kappa shape index (κ2) is 6.15. The quantitative estimate of drug-likeness (QED) is 0.913. The number of hydrogen-bond donors (Lipinski definition) is 1. The Labute approximate surface area is 122 Å². The fraction of sp³-hybridized carbons (Fsp3) is 0.647. The predicted molar refractivity (Wildman–Crippen MR) is 83.3 cm³/mol. The highest BCUT2D eigenvalue weighted by Gasteiger charge is 2.32. The normalized spacial score (nSPS) is 29.5. The molecule has 20 heavy (non-hydrogen) atoms. The van der Waals surface area contributed by atoms with Crippen LogP contribution in [0.1, 0.15) is 25.8 Å². The summed E-state index contributed by atoms with van der Waals surface area (Å²) in [5.41, 5.74) is 2.94. The lowest BCUT2D eigenvalue weighted by Gasteiger charge is -2.39. The van der Waals surface area contributed by atoms with Crippen LogP contribution in [-0.4, -0.2) is 38.4 Å². The lowest BCUT2D eigenvalue weighted by molar-refractivity contribution is 0.182. The van der Waals surface area contributed by atoms with Gasteiger partial charge in [-0.05, 0) is 37.9 Å². The first-order chi connectivity index (χ1) is 9.79. The summed E-state index contributed by atoms with van der Waals surface area (Å²) in [5, 5.41) is 3.57. The molecule has 110 valence electrons. The molecule has 1 aromatic rings. The van der Waals surface area contributed by atoms with Gasteiger partial charge in [0.15, 0.2) is 0 Å². The van der Waals surface area contributed by atoms with E-state index in [1.807, 2.05) is 0 Å². The lowest BCUT2D eigenvalue weighted by atomic mass is 9.94. The standard InChI is InChI=1S/C17H26N2O/c1-3-18-16-12-20-11-15(16)10-19-13(2)8-9-14-6-4-5-7-17(14)19/h4-7,13,15-16,18H,3,8-12H2,1-2H3. The number of fused-ring (bicyclic) bond motifs is 1. The first-order valence-electron chi connectivity index (χ1n) is 7.95. The van der Waals surface area contributed by atoms with Crippen molar-refractivity contribution in [1.82, 2.24) is 5.32 Å². The maximum absolute atomic E-state index is 5.70. The Balaban J connectivity index is 1.76. The van der Waals surface area contributed by atoms with Gasteiger partial charge in [0.1, 0.15) is 0 Å². The first kappa shape index (κ1) is 13.9. The number of ether oxygens (including phenoxy) is 1. The summed E-state index contributed by atoms with van der Waals surface area (Å²) in [6.45, 7) is 8.42. The van der Waals surface area contributed by atoms with E-state index < -0.39 is 0 Å². The molecule has 2 aliphatic rings. The number of nitrogens with zero attached hydrogens (tertiary/aromatic N) is 1. The van der Waals surface area contributed by atoms with Gasteiger partial charge in [-0.2, -0.15) is 0 Å². The highest BCUT2D eigenvalue weighted by atomic mass is 16.5. The predicted octanol–water partition coefficient (Wildman–Crippen LogP) is 2.45. The maximum Gasteiger partial charge on any atom is 0.0624 e. The molecule has 1 saturated heterocycles. The third kappa shape index (κ3) is 2.70. The van der Waals surface area contributed by atoms with Crippen LogP contribution in [0.4, 0.5) is 5.69 Å². The van der Waals surface area contributed by atoms with Crippen LogP contribution in [0, 0.1) is 5.92 Å². The summed E-state index contributed by atoms with van der Waals surface area (Å²) in [4.78, 5) is 2.60. The van der Waals surface area contributed by atoms with Gasteiger partial charge in [-0.3, -0.25) is 0 Å². The van der Waals surface area contributed by atoms with E-state index in [1.165, 1.54) is 24.1 Å². The molecule has 0 aliphatic carbocycles. The van der Waals surface area contributed by atoms with Crippen molar-refractivity contribution in [3.8, 4) is 0 Å². The number of aryl methyl sites for hydroxylation is 1. The van der Waals surface area contributed by atoms with E-state index in [1.54, 1.807) is 0 Å². The Morgan fingerprint density at radius 1 is 1.30 bits per heavy atom. The number of hydrogen-bond acceptors (Lipinski definition) is 3. The summed E-state index contributed by atoms with van der Waals surface area (Å²) in [5.74, 6) is 0.601. The molecule has 1 fully saturated rings. The topological polar surface area (TPSA) is 24.5 Å². The highest BCUT2D eigenvalue weighted by molar-refractivity contribution is 5.56. The zero-order valence-electron chi connectivity index (χ0n) is 12.6. The molecule has 1 aromatic carbocycles. The smallest absolute Gasteiger partial charge is 0.0624 e. The third-order valence-corrected chi connectivity index (χ3v) is 4.76.